The van der Waals surface area contributed by atoms with E-state index in [4.69, 9.17) is 4.74 Å². The van der Waals surface area contributed by atoms with Crippen molar-refractivity contribution in [3.63, 3.8) is 0 Å². The number of rotatable bonds is 10. The van der Waals surface area contributed by atoms with Gasteiger partial charge in [0.25, 0.3) is 5.91 Å². The molecule has 2 aliphatic rings. The van der Waals surface area contributed by atoms with Crippen molar-refractivity contribution >= 4 is 29.6 Å². The molecular weight excluding hydrogens is 536 g/mol. The molecule has 1 aromatic rings. The number of hydrogen-bond acceptors (Lipinski definition) is 6. The number of ether oxygens (including phenoxy) is 1. The van der Waals surface area contributed by atoms with Crippen LogP contribution in [0.4, 0.5) is 4.79 Å². The van der Waals surface area contributed by atoms with Crippen LogP contribution >= 0.6 is 0 Å². The van der Waals surface area contributed by atoms with Gasteiger partial charge in [-0.15, -0.1) is 6.58 Å². The van der Waals surface area contributed by atoms with Gasteiger partial charge in [0.2, 0.25) is 17.6 Å². The Morgan fingerprint density at radius 2 is 1.67 bits per heavy atom. The number of amides is 4. The van der Waals surface area contributed by atoms with Crippen LogP contribution in [0.3, 0.4) is 0 Å². The number of alkyl carbamates (subject to hydrolysis) is 1. The third kappa shape index (κ3) is 7.57. The van der Waals surface area contributed by atoms with Crippen molar-refractivity contribution < 1.29 is 28.7 Å². The van der Waals surface area contributed by atoms with Crippen molar-refractivity contribution in [3.8, 4) is 0 Å². The van der Waals surface area contributed by atoms with Gasteiger partial charge in [-0.05, 0) is 49.0 Å². The maximum absolute atomic E-state index is 14.1. The van der Waals surface area contributed by atoms with Crippen LogP contribution in [-0.2, 0) is 30.3 Å². The highest BCUT2D eigenvalue weighted by molar-refractivity contribution is 6.38. The molecule has 1 aliphatic heterocycles. The zero-order valence-corrected chi connectivity index (χ0v) is 26.1. The molecule has 1 saturated carbocycles. The van der Waals surface area contributed by atoms with E-state index in [-0.39, 0.29) is 30.2 Å². The summed E-state index contributed by atoms with van der Waals surface area (Å²) in [4.78, 5) is 68.1. The van der Waals surface area contributed by atoms with Gasteiger partial charge in [-0.3, -0.25) is 19.2 Å². The number of ketones is 1. The molecule has 4 amide bonds. The third-order valence-corrected chi connectivity index (χ3v) is 8.08. The van der Waals surface area contributed by atoms with Crippen LogP contribution in [-0.4, -0.2) is 71.3 Å². The van der Waals surface area contributed by atoms with Gasteiger partial charge in [-0.25, -0.2) is 4.79 Å². The number of fused-ring (bicyclic) bond motifs is 1. The van der Waals surface area contributed by atoms with E-state index in [1.165, 1.54) is 11.0 Å². The van der Waals surface area contributed by atoms with E-state index in [9.17, 15) is 24.0 Å². The SMILES string of the molecule is C=CCNC(=O)C(=O)C(Cc1ccccc1)NC(=O)C1[C@H]2C(CN1C(=O)[C@@H](NC(=O)OC(C)(C)C)C(C)(C)C)C2(C)C. The smallest absolute Gasteiger partial charge is 0.408 e. The Hall–Kier alpha value is -3.69. The lowest BCUT2D eigenvalue weighted by Crippen LogP contribution is -2.61. The lowest BCUT2D eigenvalue weighted by molar-refractivity contribution is -0.145. The average Bonchev–Trinajstić information content (AvgIpc) is 3.21. The number of nitrogens with one attached hydrogen (secondary N) is 3. The fourth-order valence-electron chi connectivity index (χ4n) is 5.78. The van der Waals surface area contributed by atoms with Gasteiger partial charge >= 0.3 is 6.09 Å². The summed E-state index contributed by atoms with van der Waals surface area (Å²) in [6, 6.07) is 6.13. The molecule has 3 rings (SSSR count). The van der Waals surface area contributed by atoms with Crippen LogP contribution in [0, 0.1) is 22.7 Å². The maximum Gasteiger partial charge on any atom is 0.408 e. The molecule has 0 radical (unpaired) electrons. The molecule has 10 nitrogen and oxygen atoms in total. The van der Waals surface area contributed by atoms with Crippen LogP contribution in [0.25, 0.3) is 0 Å². The lowest BCUT2D eigenvalue weighted by Gasteiger charge is -2.38. The van der Waals surface area contributed by atoms with Crippen molar-refractivity contribution in [3.05, 3.63) is 48.6 Å². The third-order valence-electron chi connectivity index (χ3n) is 8.08. The number of benzene rings is 1. The second-order valence-electron chi connectivity index (χ2n) is 13.9. The summed E-state index contributed by atoms with van der Waals surface area (Å²) >= 11 is 0. The Morgan fingerprint density at radius 3 is 2.21 bits per heavy atom. The number of carbonyl (C=O) groups is 5. The Labute approximate surface area is 249 Å². The second kappa shape index (κ2) is 12.3. The van der Waals surface area contributed by atoms with Gasteiger partial charge in [0.1, 0.15) is 23.7 Å². The topological polar surface area (TPSA) is 134 Å². The number of hydrogen-bond donors (Lipinski definition) is 3. The summed E-state index contributed by atoms with van der Waals surface area (Å²) in [6.45, 7) is 18.8. The zero-order chi connectivity index (χ0) is 31.6. The second-order valence-corrected chi connectivity index (χ2v) is 13.9. The number of piperidine rings is 1. The molecule has 0 aromatic heterocycles. The summed E-state index contributed by atoms with van der Waals surface area (Å²) in [5, 5.41) is 8.03. The van der Waals surface area contributed by atoms with Gasteiger partial charge in [-0.1, -0.05) is 71.0 Å². The maximum atomic E-state index is 14.1. The fraction of sp³-hybridized carbons (Fsp3) is 0.594. The number of Topliss-reactive ketones (excluding diaryl/α,β-unsaturated/α-hetero) is 1. The molecule has 2 fully saturated rings. The highest BCUT2D eigenvalue weighted by atomic mass is 16.6. The highest BCUT2D eigenvalue weighted by Gasteiger charge is 2.70. The van der Waals surface area contributed by atoms with E-state index < -0.39 is 58.7 Å². The van der Waals surface area contributed by atoms with Crippen molar-refractivity contribution in [1.29, 1.82) is 0 Å². The first kappa shape index (κ1) is 32.8. The Kier molecular flexibility index (Phi) is 9.59. The Balaban J connectivity index is 1.89. The Bertz CT molecular complexity index is 1210. The fourth-order valence-corrected chi connectivity index (χ4v) is 5.78. The molecule has 1 aliphatic carbocycles. The Morgan fingerprint density at radius 1 is 1.05 bits per heavy atom. The van der Waals surface area contributed by atoms with Gasteiger partial charge in [0.15, 0.2) is 0 Å². The molecule has 1 saturated heterocycles. The van der Waals surface area contributed by atoms with Crippen molar-refractivity contribution in [2.24, 2.45) is 22.7 Å². The largest absolute Gasteiger partial charge is 0.444 e. The predicted octanol–water partition coefficient (Wildman–Crippen LogP) is 3.01. The van der Waals surface area contributed by atoms with E-state index in [1.54, 1.807) is 20.8 Å². The summed E-state index contributed by atoms with van der Waals surface area (Å²) < 4.78 is 5.42. The van der Waals surface area contributed by atoms with Crippen LogP contribution in [0.5, 0.6) is 0 Å². The van der Waals surface area contributed by atoms with E-state index in [1.807, 2.05) is 51.1 Å². The van der Waals surface area contributed by atoms with Crippen molar-refractivity contribution in [2.45, 2.75) is 85.5 Å². The minimum atomic E-state index is -1.14. The normalized spacial score (nSPS) is 22.2. The van der Waals surface area contributed by atoms with E-state index >= 15 is 0 Å². The molecule has 42 heavy (non-hydrogen) atoms. The molecule has 3 N–H and O–H groups in total. The standard InChI is InChI=1S/C32H46N4O6/c1-10-16-33-27(39)24(37)21(17-19-14-12-11-13-15-19)34-26(38)23-22-20(32(22,8)9)18-36(23)28(40)25(30(2,3)4)35-29(41)42-31(5,6)7/h10-15,20-23,25H,1,16-18H2,2-9H3,(H,33,39)(H,34,38)(H,35,41)/t20?,21?,22-,23?,25-/m1/s1. The summed E-state index contributed by atoms with van der Waals surface area (Å²) in [7, 11) is 0. The molecule has 1 heterocycles. The quantitative estimate of drug-likeness (QED) is 0.287. The molecule has 3 unspecified atom stereocenters. The minimum Gasteiger partial charge on any atom is -0.444 e. The van der Waals surface area contributed by atoms with Crippen LogP contribution in [0.2, 0.25) is 0 Å². The lowest BCUT2D eigenvalue weighted by atomic mass is 9.85. The van der Waals surface area contributed by atoms with E-state index in [0.717, 1.165) is 5.56 Å². The predicted molar refractivity (Wildman–Crippen MR) is 159 cm³/mol. The average molecular weight is 583 g/mol. The zero-order valence-electron chi connectivity index (χ0n) is 26.1. The monoisotopic (exact) mass is 582 g/mol. The van der Waals surface area contributed by atoms with Crippen LogP contribution in [0.1, 0.15) is 61.0 Å². The van der Waals surface area contributed by atoms with Crippen LogP contribution in [0.15, 0.2) is 43.0 Å². The molecule has 0 spiro atoms. The van der Waals surface area contributed by atoms with Gasteiger partial charge in [-0.2, -0.15) is 0 Å². The van der Waals surface area contributed by atoms with Crippen molar-refractivity contribution in [2.75, 3.05) is 13.1 Å². The van der Waals surface area contributed by atoms with Gasteiger partial charge in [0.05, 0.1) is 0 Å². The first-order chi connectivity index (χ1) is 19.4. The summed E-state index contributed by atoms with van der Waals surface area (Å²) in [6.07, 6.45) is 0.848. The molecule has 230 valence electrons. The summed E-state index contributed by atoms with van der Waals surface area (Å²) in [5.74, 6) is -2.56. The minimum absolute atomic E-state index is 0.0820. The highest BCUT2D eigenvalue weighted by Crippen LogP contribution is 2.65. The first-order valence-electron chi connectivity index (χ1n) is 14.5. The number of nitrogens with zero attached hydrogens (tertiary/aromatic N) is 1. The molecule has 10 heteroatoms. The molecule has 1 aromatic carbocycles. The summed E-state index contributed by atoms with van der Waals surface area (Å²) in [5.41, 5.74) is -0.859. The number of carbonyl (C=O) groups excluding carboxylic acids is 5. The van der Waals surface area contributed by atoms with Gasteiger partial charge < -0.3 is 25.6 Å². The van der Waals surface area contributed by atoms with Crippen LogP contribution < -0.4 is 16.0 Å². The molecule has 0 bridgehead atoms. The van der Waals surface area contributed by atoms with E-state index in [2.05, 4.69) is 36.4 Å². The van der Waals surface area contributed by atoms with E-state index in [0.29, 0.717) is 6.54 Å². The number of likely N-dealkylation sites (tertiary alicyclic amines) is 1. The molecular formula is C32H46N4O6. The molecule has 5 atom stereocenters. The van der Waals surface area contributed by atoms with Gasteiger partial charge in [0, 0.05) is 19.5 Å². The first-order valence-corrected chi connectivity index (χ1v) is 14.5. The van der Waals surface area contributed by atoms with Crippen molar-refractivity contribution in [1.82, 2.24) is 20.9 Å².